The number of hydrogen-bond acceptors (Lipinski definition) is 5. The number of benzene rings is 1. The van der Waals surface area contributed by atoms with Gasteiger partial charge in [0.15, 0.2) is 5.71 Å². The number of aryl methyl sites for hydroxylation is 1. The van der Waals surface area contributed by atoms with Gasteiger partial charge in [0.2, 0.25) is 0 Å². The Balaban J connectivity index is 2.40. The summed E-state index contributed by atoms with van der Waals surface area (Å²) in [6.45, 7) is 2.25. The van der Waals surface area contributed by atoms with Gasteiger partial charge in [-0.25, -0.2) is 4.79 Å². The summed E-state index contributed by atoms with van der Waals surface area (Å²) in [5, 5.41) is 3.85. The summed E-state index contributed by atoms with van der Waals surface area (Å²) < 4.78 is 10.8. The number of para-hydroxylation sites is 1. The Labute approximate surface area is 147 Å². The van der Waals surface area contributed by atoms with Crippen LogP contribution in [0.5, 0.6) is 5.75 Å². The number of oxime groups is 1. The summed E-state index contributed by atoms with van der Waals surface area (Å²) in [5.41, 5.74) is 5.67. The first-order valence-electron chi connectivity index (χ1n) is 7.85. The van der Waals surface area contributed by atoms with Gasteiger partial charge in [-0.1, -0.05) is 35.5 Å². The molecule has 1 aliphatic carbocycles. The molecule has 130 valence electrons. The lowest BCUT2D eigenvalue weighted by Crippen LogP contribution is -2.21. The molecule has 1 aliphatic rings. The van der Waals surface area contributed by atoms with E-state index in [1.165, 1.54) is 14.2 Å². The first kappa shape index (κ1) is 18.3. The lowest BCUT2D eigenvalue weighted by molar-refractivity contribution is -0.132. The molecule has 0 spiro atoms. The highest BCUT2D eigenvalue weighted by Crippen LogP contribution is 2.21. The molecule has 25 heavy (non-hydrogen) atoms. The molecule has 2 rings (SSSR count). The summed E-state index contributed by atoms with van der Waals surface area (Å²) in [5.74, 6) is 0.226. The molecule has 0 bridgehead atoms. The van der Waals surface area contributed by atoms with Gasteiger partial charge in [-0.05, 0) is 42.7 Å². The van der Waals surface area contributed by atoms with Crippen LogP contribution in [0.15, 0.2) is 70.6 Å². The average molecular weight is 339 g/mol. The van der Waals surface area contributed by atoms with E-state index in [9.17, 15) is 4.79 Å². The Kier molecular flexibility index (Phi) is 6.81. The zero-order valence-corrected chi connectivity index (χ0v) is 14.6. The molecule has 0 aromatic heterocycles. The SMILES string of the molecule is CO/N=C(/C(=O)OC)C1=C(COc2ccccc2C)C=C=C/C=C\C1. The van der Waals surface area contributed by atoms with Crippen LogP contribution in [0.1, 0.15) is 12.0 Å². The number of nitrogens with zero attached hydrogens (tertiary/aromatic N) is 1. The largest absolute Gasteiger partial charge is 0.489 e. The Morgan fingerprint density at radius 2 is 2.08 bits per heavy atom. The predicted molar refractivity (Wildman–Crippen MR) is 96.6 cm³/mol. The number of esters is 1. The van der Waals surface area contributed by atoms with E-state index in [1.54, 1.807) is 12.2 Å². The van der Waals surface area contributed by atoms with Gasteiger partial charge in [0, 0.05) is 5.57 Å². The van der Waals surface area contributed by atoms with Crippen molar-refractivity contribution in [3.8, 4) is 5.75 Å². The molecular weight excluding hydrogens is 318 g/mol. The number of carbonyl (C=O) groups excluding carboxylic acids is 1. The maximum Gasteiger partial charge on any atom is 0.360 e. The minimum absolute atomic E-state index is 0.123. The topological polar surface area (TPSA) is 57.1 Å². The highest BCUT2D eigenvalue weighted by atomic mass is 16.6. The second-order valence-corrected chi connectivity index (χ2v) is 5.28. The van der Waals surface area contributed by atoms with Gasteiger partial charge >= 0.3 is 5.97 Å². The van der Waals surface area contributed by atoms with Gasteiger partial charge in [-0.3, -0.25) is 0 Å². The smallest absolute Gasteiger partial charge is 0.360 e. The fourth-order valence-electron chi connectivity index (χ4n) is 2.33. The van der Waals surface area contributed by atoms with E-state index in [2.05, 4.69) is 10.9 Å². The van der Waals surface area contributed by atoms with Crippen molar-refractivity contribution in [3.05, 3.63) is 71.0 Å². The molecule has 5 nitrogen and oxygen atoms in total. The number of ether oxygens (including phenoxy) is 2. The Morgan fingerprint density at radius 1 is 1.28 bits per heavy atom. The molecule has 0 radical (unpaired) electrons. The van der Waals surface area contributed by atoms with E-state index in [1.807, 2.05) is 43.3 Å². The Bertz CT molecular complexity index is 781. The first-order chi connectivity index (χ1) is 12.2. The fraction of sp³-hybridized carbons (Fsp3) is 0.250. The van der Waals surface area contributed by atoms with Gasteiger partial charge in [-0.2, -0.15) is 0 Å². The van der Waals surface area contributed by atoms with E-state index in [0.717, 1.165) is 16.9 Å². The van der Waals surface area contributed by atoms with E-state index < -0.39 is 5.97 Å². The van der Waals surface area contributed by atoms with Crippen molar-refractivity contribution in [2.45, 2.75) is 13.3 Å². The van der Waals surface area contributed by atoms with Gasteiger partial charge < -0.3 is 14.3 Å². The zero-order valence-electron chi connectivity index (χ0n) is 14.6. The Morgan fingerprint density at radius 3 is 2.80 bits per heavy atom. The van der Waals surface area contributed by atoms with Gasteiger partial charge in [-0.15, -0.1) is 5.73 Å². The van der Waals surface area contributed by atoms with Gasteiger partial charge in [0.05, 0.1) is 7.11 Å². The minimum Gasteiger partial charge on any atom is -0.489 e. The molecule has 0 atom stereocenters. The van der Waals surface area contributed by atoms with Gasteiger partial charge in [0.25, 0.3) is 0 Å². The van der Waals surface area contributed by atoms with Crippen LogP contribution in [0, 0.1) is 6.92 Å². The van der Waals surface area contributed by atoms with Crippen molar-refractivity contribution in [1.82, 2.24) is 0 Å². The predicted octanol–water partition coefficient (Wildman–Crippen LogP) is 3.52. The van der Waals surface area contributed by atoms with Crippen LogP contribution in [0.2, 0.25) is 0 Å². The van der Waals surface area contributed by atoms with Crippen LogP contribution in [0.3, 0.4) is 0 Å². The molecule has 5 heteroatoms. The maximum absolute atomic E-state index is 12.1. The molecule has 1 aromatic carbocycles. The van der Waals surface area contributed by atoms with Crippen LogP contribution in [-0.2, 0) is 14.4 Å². The number of carbonyl (C=O) groups is 1. The third-order valence-electron chi connectivity index (χ3n) is 3.62. The number of rotatable bonds is 6. The summed E-state index contributed by atoms with van der Waals surface area (Å²) in [4.78, 5) is 16.9. The van der Waals surface area contributed by atoms with Crippen molar-refractivity contribution >= 4 is 11.7 Å². The third kappa shape index (κ3) is 4.96. The van der Waals surface area contributed by atoms with Crippen LogP contribution in [-0.4, -0.2) is 32.5 Å². The van der Waals surface area contributed by atoms with Crippen molar-refractivity contribution < 1.29 is 19.1 Å². The zero-order chi connectivity index (χ0) is 18.1. The molecule has 0 unspecified atom stereocenters. The van der Waals surface area contributed by atoms with Crippen LogP contribution in [0.25, 0.3) is 0 Å². The lowest BCUT2D eigenvalue weighted by Gasteiger charge is -2.14. The van der Waals surface area contributed by atoms with Crippen LogP contribution >= 0.6 is 0 Å². The molecule has 1 aromatic rings. The quantitative estimate of drug-likeness (QED) is 0.344. The second kappa shape index (κ2) is 9.30. The number of methoxy groups -OCH3 is 1. The molecular formula is C20H21NO4. The van der Waals surface area contributed by atoms with E-state index in [-0.39, 0.29) is 12.3 Å². The van der Waals surface area contributed by atoms with Gasteiger partial charge in [0.1, 0.15) is 19.5 Å². The highest BCUT2D eigenvalue weighted by molar-refractivity contribution is 6.43. The molecule has 0 saturated carbocycles. The normalized spacial score (nSPS) is 15.4. The minimum atomic E-state index is -0.559. The summed E-state index contributed by atoms with van der Waals surface area (Å²) in [6.07, 6.45) is 7.86. The maximum atomic E-state index is 12.1. The first-order valence-corrected chi connectivity index (χ1v) is 7.85. The number of hydrogen-bond donors (Lipinski definition) is 0. The van der Waals surface area contributed by atoms with Crippen LogP contribution in [0.4, 0.5) is 0 Å². The summed E-state index contributed by atoms with van der Waals surface area (Å²) in [7, 11) is 2.70. The second-order valence-electron chi connectivity index (χ2n) is 5.28. The molecule has 0 N–H and O–H groups in total. The lowest BCUT2D eigenvalue weighted by atomic mass is 9.98. The number of allylic oxidation sites excluding steroid dienone is 2. The third-order valence-corrected chi connectivity index (χ3v) is 3.62. The molecule has 0 saturated heterocycles. The van der Waals surface area contributed by atoms with E-state index in [0.29, 0.717) is 12.0 Å². The Hall–Kier alpha value is -3.04. The average Bonchev–Trinajstić information content (AvgIpc) is 2.60. The molecule has 0 aliphatic heterocycles. The standard InChI is InChI=1S/C20H21NO4/c1-15-10-8-9-13-18(15)25-14-16-11-6-4-5-7-12-17(16)19(21-24-3)20(22)23-2/h4-5,7-11,13H,12,14H2,1-3H3/b7-5-,17-16?,21-19+. The summed E-state index contributed by atoms with van der Waals surface area (Å²) >= 11 is 0. The highest BCUT2D eigenvalue weighted by Gasteiger charge is 2.21. The molecule has 0 fully saturated rings. The van der Waals surface area contributed by atoms with Crippen LogP contribution < -0.4 is 4.74 Å². The van der Waals surface area contributed by atoms with E-state index in [4.69, 9.17) is 14.3 Å². The molecule has 0 amide bonds. The summed E-state index contributed by atoms with van der Waals surface area (Å²) in [6, 6.07) is 7.76. The molecule has 0 heterocycles. The van der Waals surface area contributed by atoms with Crippen molar-refractivity contribution in [3.63, 3.8) is 0 Å². The van der Waals surface area contributed by atoms with E-state index >= 15 is 0 Å². The monoisotopic (exact) mass is 339 g/mol. The van der Waals surface area contributed by atoms with Crippen molar-refractivity contribution in [2.24, 2.45) is 5.16 Å². The van der Waals surface area contributed by atoms with Crippen molar-refractivity contribution in [1.29, 1.82) is 0 Å². The van der Waals surface area contributed by atoms with Crippen molar-refractivity contribution in [2.75, 3.05) is 20.8 Å². The fourth-order valence-corrected chi connectivity index (χ4v) is 2.33.